The average Bonchev–Trinajstić information content (AvgIpc) is 3.64. The molecule has 9 nitrogen and oxygen atoms in total. The van der Waals surface area contributed by atoms with Crippen molar-refractivity contribution in [1.29, 1.82) is 0 Å². The number of hydrogen-bond acceptors (Lipinski definition) is 8. The average molecular weight is 584 g/mol. The van der Waals surface area contributed by atoms with E-state index < -0.39 is 76.6 Å². The molecule has 1 aromatic carbocycles. The molecule has 1 fully saturated rings. The van der Waals surface area contributed by atoms with Crippen molar-refractivity contribution >= 4 is 5.69 Å². The minimum atomic E-state index is -5.10. The van der Waals surface area contributed by atoms with Crippen molar-refractivity contribution in [3.8, 4) is 17.5 Å². The highest BCUT2D eigenvalue weighted by atomic mass is 19.4. The number of nitro groups is 1. The van der Waals surface area contributed by atoms with E-state index >= 15 is 0 Å². The molecule has 2 aliphatic rings. The zero-order valence-electron chi connectivity index (χ0n) is 21.1. The summed E-state index contributed by atoms with van der Waals surface area (Å²) in [5, 5.41) is 18.8. The Kier molecular flexibility index (Phi) is 7.48. The van der Waals surface area contributed by atoms with Gasteiger partial charge in [-0.2, -0.15) is 26.3 Å². The van der Waals surface area contributed by atoms with Gasteiger partial charge in [-0.3, -0.25) is 10.1 Å². The maximum absolute atomic E-state index is 14.8. The van der Waals surface area contributed by atoms with Gasteiger partial charge in [0.1, 0.15) is 11.7 Å². The van der Waals surface area contributed by atoms with Crippen LogP contribution >= 0.6 is 0 Å². The monoisotopic (exact) mass is 584 g/mol. The van der Waals surface area contributed by atoms with Crippen LogP contribution in [-0.2, 0) is 23.1 Å². The molecule has 0 saturated heterocycles. The van der Waals surface area contributed by atoms with Crippen molar-refractivity contribution in [2.45, 2.75) is 62.8 Å². The fourth-order valence-electron chi connectivity index (χ4n) is 4.51. The van der Waals surface area contributed by atoms with Crippen LogP contribution in [0.5, 0.6) is 5.88 Å². The first-order valence-corrected chi connectivity index (χ1v) is 12.6. The van der Waals surface area contributed by atoms with Crippen molar-refractivity contribution in [1.82, 2.24) is 15.2 Å². The number of allylic oxidation sites excluding steroid dienone is 1. The Morgan fingerprint density at radius 3 is 2.44 bits per heavy atom. The maximum Gasteiger partial charge on any atom is 0.426 e. The first-order chi connectivity index (χ1) is 19.4. The molecule has 1 aliphatic carbocycles. The normalized spacial score (nSPS) is 22.4. The Morgan fingerprint density at radius 2 is 1.80 bits per heavy atom. The standard InChI is InChI=1S/C26H22F6N4O5/c27-25(28,29)17-13-18(36(37)38)20-22-34-35-23(41-22)24(26(30,31)32,39-14-15-7-3-1-4-8-15)12-6-2-5-9-19(16-10-11-16)40-21(17)33-20/h1-5,7-8,13,16,19H,6,9-12,14H2/b5-2-. The van der Waals surface area contributed by atoms with Crippen molar-refractivity contribution in [2.75, 3.05) is 0 Å². The van der Waals surface area contributed by atoms with Crippen LogP contribution in [0.2, 0.25) is 0 Å². The number of hydrogen-bond donors (Lipinski definition) is 0. The zero-order chi connectivity index (χ0) is 29.4. The number of halogens is 6. The summed E-state index contributed by atoms with van der Waals surface area (Å²) in [6.07, 6.45) is -7.47. The zero-order valence-corrected chi connectivity index (χ0v) is 21.1. The summed E-state index contributed by atoms with van der Waals surface area (Å²) in [7, 11) is 0. The molecule has 41 heavy (non-hydrogen) atoms. The molecule has 1 aliphatic heterocycles. The van der Waals surface area contributed by atoms with Crippen LogP contribution in [0.3, 0.4) is 0 Å². The van der Waals surface area contributed by atoms with E-state index in [0.29, 0.717) is 18.4 Å². The van der Waals surface area contributed by atoms with Gasteiger partial charge < -0.3 is 13.9 Å². The van der Waals surface area contributed by atoms with E-state index in [1.807, 2.05) is 0 Å². The Balaban J connectivity index is 1.67. The lowest BCUT2D eigenvalue weighted by molar-refractivity contribution is -0.384. The molecular formula is C26H22F6N4O5. The van der Waals surface area contributed by atoms with E-state index in [9.17, 15) is 36.5 Å². The quantitative estimate of drug-likeness (QED) is 0.137. The Hall–Kier alpha value is -4.01. The highest BCUT2D eigenvalue weighted by molar-refractivity contribution is 5.64. The predicted molar refractivity (Wildman–Crippen MR) is 128 cm³/mol. The summed E-state index contributed by atoms with van der Waals surface area (Å²) in [4.78, 5) is 14.3. The van der Waals surface area contributed by atoms with Crippen molar-refractivity contribution in [2.24, 2.45) is 5.92 Å². The number of fused-ring (bicyclic) bond motifs is 5. The van der Waals surface area contributed by atoms with Gasteiger partial charge in [0.15, 0.2) is 0 Å². The molecule has 4 bridgehead atoms. The topological polar surface area (TPSA) is 113 Å². The van der Waals surface area contributed by atoms with E-state index in [-0.39, 0.29) is 24.8 Å². The molecule has 218 valence electrons. The first-order valence-electron chi connectivity index (χ1n) is 12.6. The van der Waals surface area contributed by atoms with Crippen LogP contribution < -0.4 is 4.74 Å². The summed E-state index contributed by atoms with van der Waals surface area (Å²) >= 11 is 0. The number of rotatable bonds is 5. The molecule has 2 unspecified atom stereocenters. The van der Waals surface area contributed by atoms with Crippen LogP contribution in [0.15, 0.2) is 53.0 Å². The third kappa shape index (κ3) is 5.89. The van der Waals surface area contributed by atoms with Crippen LogP contribution in [0.25, 0.3) is 11.6 Å². The second-order valence-electron chi connectivity index (χ2n) is 9.71. The van der Waals surface area contributed by atoms with Crippen LogP contribution in [0.1, 0.15) is 49.1 Å². The van der Waals surface area contributed by atoms with Gasteiger partial charge >= 0.3 is 18.0 Å². The number of pyridine rings is 1. The van der Waals surface area contributed by atoms with Gasteiger partial charge in [-0.1, -0.05) is 42.5 Å². The SMILES string of the molecule is O=[N+]([O-])c1cc(C(F)(F)F)c2nc1-c1nnc(o1)C(OCc1ccccc1)(C(F)(F)F)CC/C=C\CC(C1CC1)O2. The molecule has 3 aromatic rings. The van der Waals surface area contributed by atoms with Gasteiger partial charge in [0.05, 0.1) is 11.5 Å². The van der Waals surface area contributed by atoms with Crippen molar-refractivity contribution in [3.63, 3.8) is 0 Å². The third-order valence-electron chi connectivity index (χ3n) is 6.84. The van der Waals surface area contributed by atoms with Gasteiger partial charge in [0, 0.05) is 12.5 Å². The number of alkyl halides is 6. The highest BCUT2D eigenvalue weighted by Crippen LogP contribution is 2.48. The van der Waals surface area contributed by atoms with Crippen molar-refractivity contribution in [3.05, 3.63) is 75.7 Å². The smallest absolute Gasteiger partial charge is 0.426 e. The van der Waals surface area contributed by atoms with Gasteiger partial charge in [0.25, 0.3) is 11.8 Å². The Labute approximate surface area is 228 Å². The minimum Gasteiger partial charge on any atom is -0.473 e. The summed E-state index contributed by atoms with van der Waals surface area (Å²) in [5.74, 6) is -3.05. The highest BCUT2D eigenvalue weighted by Gasteiger charge is 2.61. The summed E-state index contributed by atoms with van der Waals surface area (Å²) < 4.78 is 103. The largest absolute Gasteiger partial charge is 0.473 e. The third-order valence-corrected chi connectivity index (χ3v) is 6.84. The lowest BCUT2D eigenvalue weighted by atomic mass is 9.95. The number of benzene rings is 1. The lowest BCUT2D eigenvalue weighted by Gasteiger charge is -2.32. The Morgan fingerprint density at radius 1 is 1.07 bits per heavy atom. The molecule has 0 radical (unpaired) electrons. The molecule has 0 N–H and O–H groups in total. The molecule has 0 spiro atoms. The molecule has 1 saturated carbocycles. The van der Waals surface area contributed by atoms with Crippen LogP contribution in [-0.4, -0.2) is 32.4 Å². The first kappa shape index (κ1) is 28.5. The van der Waals surface area contributed by atoms with Crippen molar-refractivity contribution < 1.29 is 45.2 Å². The fraction of sp³-hybridized carbons (Fsp3) is 0.423. The van der Waals surface area contributed by atoms with Gasteiger partial charge in [0.2, 0.25) is 17.2 Å². The fourth-order valence-corrected chi connectivity index (χ4v) is 4.51. The summed E-state index contributed by atoms with van der Waals surface area (Å²) in [6.45, 7) is -0.498. The molecule has 5 rings (SSSR count). The molecule has 15 heteroatoms. The second-order valence-corrected chi connectivity index (χ2v) is 9.71. The van der Waals surface area contributed by atoms with E-state index in [4.69, 9.17) is 13.9 Å². The Bertz CT molecular complexity index is 1440. The van der Waals surface area contributed by atoms with Gasteiger partial charge in [-0.15, -0.1) is 10.2 Å². The minimum absolute atomic E-state index is 0.0816. The van der Waals surface area contributed by atoms with Crippen LogP contribution in [0, 0.1) is 16.0 Å². The molecule has 2 aromatic heterocycles. The summed E-state index contributed by atoms with van der Waals surface area (Å²) in [5.41, 5.74) is -6.29. The second kappa shape index (κ2) is 10.8. The molecule has 0 amide bonds. The van der Waals surface area contributed by atoms with Gasteiger partial charge in [-0.25, -0.2) is 4.98 Å². The van der Waals surface area contributed by atoms with E-state index in [1.165, 1.54) is 12.2 Å². The molecule has 3 heterocycles. The number of ether oxygens (including phenoxy) is 2. The van der Waals surface area contributed by atoms with E-state index in [1.54, 1.807) is 30.3 Å². The lowest BCUT2D eigenvalue weighted by Crippen LogP contribution is -2.45. The molecule has 2 atom stereocenters. The van der Waals surface area contributed by atoms with Gasteiger partial charge in [-0.05, 0) is 37.2 Å². The number of aromatic nitrogens is 3. The number of nitrogens with zero attached hydrogens (tertiary/aromatic N) is 4. The van der Waals surface area contributed by atoms with E-state index in [2.05, 4.69) is 15.2 Å². The molecular weight excluding hydrogens is 562 g/mol. The summed E-state index contributed by atoms with van der Waals surface area (Å²) in [6, 6.07) is 8.23. The van der Waals surface area contributed by atoms with Crippen LogP contribution in [0.4, 0.5) is 32.0 Å². The van der Waals surface area contributed by atoms with E-state index in [0.717, 1.165) is 0 Å². The predicted octanol–water partition coefficient (Wildman–Crippen LogP) is 6.93. The maximum atomic E-state index is 14.8.